The minimum atomic E-state index is -0.466. The summed E-state index contributed by atoms with van der Waals surface area (Å²) in [6.07, 6.45) is 0. The van der Waals surface area contributed by atoms with Crippen molar-refractivity contribution in [1.29, 1.82) is 0 Å². The van der Waals surface area contributed by atoms with Gasteiger partial charge in [0.2, 0.25) is 0 Å². The fourth-order valence-corrected chi connectivity index (χ4v) is 11.7. The lowest BCUT2D eigenvalue weighted by Crippen LogP contribution is -2.32. The van der Waals surface area contributed by atoms with Crippen LogP contribution < -0.4 is 0 Å². The summed E-state index contributed by atoms with van der Waals surface area (Å²) in [5.41, 5.74) is 16.2. The first kappa shape index (κ1) is 35.2. The molecule has 1 aliphatic carbocycles. The molecule has 0 N–H and O–H groups in total. The van der Waals surface area contributed by atoms with Gasteiger partial charge in [0, 0.05) is 26.3 Å². The van der Waals surface area contributed by atoms with Crippen LogP contribution in [0.3, 0.4) is 0 Å². The van der Waals surface area contributed by atoms with Crippen LogP contribution in [0.5, 0.6) is 0 Å². The van der Waals surface area contributed by atoms with Gasteiger partial charge in [-0.2, -0.15) is 0 Å². The second kappa shape index (κ2) is 13.7. The second-order valence-electron chi connectivity index (χ2n) is 16.4. The highest BCUT2D eigenvalue weighted by Gasteiger charge is 2.50. The zero-order chi connectivity index (χ0) is 40.8. The molecule has 288 valence electrons. The van der Waals surface area contributed by atoms with Gasteiger partial charge in [0.25, 0.3) is 0 Å². The molecule has 1 spiro atoms. The van der Waals surface area contributed by atoms with E-state index >= 15 is 0 Å². The molecule has 11 aromatic rings. The lowest BCUT2D eigenvalue weighted by atomic mass is 9.66. The van der Waals surface area contributed by atoms with E-state index in [2.05, 4.69) is 206 Å². The van der Waals surface area contributed by atoms with Crippen molar-refractivity contribution in [3.8, 4) is 56.0 Å². The number of para-hydroxylation sites is 1. The molecule has 0 bridgehead atoms. The molecule has 0 atom stereocenters. The number of fused-ring (bicyclic) bond motifs is 14. The average Bonchev–Trinajstić information content (AvgIpc) is 3.63. The molecule has 0 fully saturated rings. The number of benzene rings is 10. The maximum absolute atomic E-state index is 5.23. The minimum absolute atomic E-state index is 0.466. The molecule has 0 saturated heterocycles. The molecule has 0 saturated carbocycles. The molecular weight excluding hydrogens is 769 g/mol. The van der Waals surface area contributed by atoms with Crippen LogP contribution in [0, 0.1) is 0 Å². The maximum atomic E-state index is 5.23. The summed E-state index contributed by atoms with van der Waals surface area (Å²) in [5, 5.41) is 6.19. The first-order valence-electron chi connectivity index (χ1n) is 21.2. The molecule has 2 nitrogen and oxygen atoms in total. The summed E-state index contributed by atoms with van der Waals surface area (Å²) in [4.78, 5) is 13.0. The Balaban J connectivity index is 0.940. The van der Waals surface area contributed by atoms with Gasteiger partial charge in [-0.05, 0) is 89.3 Å². The molecule has 2 aliphatic rings. The number of rotatable bonds is 4. The van der Waals surface area contributed by atoms with E-state index in [1.54, 1.807) is 0 Å². The lowest BCUT2D eigenvalue weighted by Gasteiger charge is -2.40. The van der Waals surface area contributed by atoms with Crippen molar-refractivity contribution in [3.05, 3.63) is 241 Å². The zero-order valence-corrected chi connectivity index (χ0v) is 34.4. The first-order chi connectivity index (χ1) is 30.7. The Hall–Kier alpha value is -7.59. The van der Waals surface area contributed by atoms with Crippen molar-refractivity contribution < 1.29 is 0 Å². The summed E-state index contributed by atoms with van der Waals surface area (Å²) in [6.45, 7) is 0. The van der Waals surface area contributed by atoms with Gasteiger partial charge in [-0.3, -0.25) is 0 Å². The molecular formula is C59H36N2S. The van der Waals surface area contributed by atoms with Gasteiger partial charge in [-0.25, -0.2) is 9.97 Å². The summed E-state index contributed by atoms with van der Waals surface area (Å²) in [7, 11) is 0. The second-order valence-corrected chi connectivity index (χ2v) is 17.4. The number of nitrogens with zero attached hydrogens (tertiary/aromatic N) is 2. The Morgan fingerprint density at radius 1 is 0.323 bits per heavy atom. The van der Waals surface area contributed by atoms with Crippen molar-refractivity contribution >= 4 is 44.2 Å². The normalized spacial score (nSPS) is 13.2. The predicted molar refractivity (Wildman–Crippen MR) is 258 cm³/mol. The zero-order valence-electron chi connectivity index (χ0n) is 33.6. The van der Waals surface area contributed by atoms with Gasteiger partial charge in [-0.1, -0.05) is 218 Å². The summed E-state index contributed by atoms with van der Waals surface area (Å²) in [6, 6.07) is 79.8. The molecule has 13 rings (SSSR count). The van der Waals surface area contributed by atoms with E-state index in [-0.39, 0.29) is 0 Å². The highest BCUT2D eigenvalue weighted by atomic mass is 32.2. The number of hydrogen-bond acceptors (Lipinski definition) is 3. The molecule has 0 unspecified atom stereocenters. The van der Waals surface area contributed by atoms with Crippen LogP contribution >= 0.6 is 11.8 Å². The van der Waals surface area contributed by atoms with Crippen molar-refractivity contribution in [1.82, 2.24) is 9.97 Å². The van der Waals surface area contributed by atoms with Crippen molar-refractivity contribution in [2.45, 2.75) is 15.2 Å². The molecule has 3 heteroatoms. The third kappa shape index (κ3) is 5.19. The SMILES string of the molecule is c1ccc(-c2ccc(-c3nc(-c4ccc(-c5ccc6c(c5)-c5ccccc5C65c6ccc7ccccc7c6Sc6c5ccc5ccccc65)cc4)c4ccccc4n3)cc2)cc1. The third-order valence-electron chi connectivity index (χ3n) is 13.2. The van der Waals surface area contributed by atoms with Gasteiger partial charge in [-0.15, -0.1) is 0 Å². The van der Waals surface area contributed by atoms with Crippen molar-refractivity contribution in [2.24, 2.45) is 0 Å². The predicted octanol–water partition coefficient (Wildman–Crippen LogP) is 15.4. The van der Waals surface area contributed by atoms with Gasteiger partial charge in [0.05, 0.1) is 16.6 Å². The van der Waals surface area contributed by atoms with Gasteiger partial charge < -0.3 is 0 Å². The van der Waals surface area contributed by atoms with Crippen LogP contribution in [-0.4, -0.2) is 9.97 Å². The summed E-state index contributed by atoms with van der Waals surface area (Å²) in [5.74, 6) is 0.721. The molecule has 62 heavy (non-hydrogen) atoms. The first-order valence-corrected chi connectivity index (χ1v) is 22.0. The maximum Gasteiger partial charge on any atom is 0.160 e. The lowest BCUT2D eigenvalue weighted by molar-refractivity contribution is 0.729. The Morgan fingerprint density at radius 3 is 1.53 bits per heavy atom. The molecule has 1 aliphatic heterocycles. The number of hydrogen-bond donors (Lipinski definition) is 0. The topological polar surface area (TPSA) is 25.8 Å². The van der Waals surface area contributed by atoms with Crippen LogP contribution in [0.4, 0.5) is 0 Å². The molecule has 10 aromatic carbocycles. The van der Waals surface area contributed by atoms with E-state index in [0.29, 0.717) is 0 Å². The van der Waals surface area contributed by atoms with Gasteiger partial charge in [0.1, 0.15) is 0 Å². The molecule has 1 aromatic heterocycles. The Bertz CT molecular complexity index is 3510. The van der Waals surface area contributed by atoms with Gasteiger partial charge >= 0.3 is 0 Å². The van der Waals surface area contributed by atoms with Crippen LogP contribution in [0.1, 0.15) is 22.3 Å². The van der Waals surface area contributed by atoms with Crippen molar-refractivity contribution in [3.63, 3.8) is 0 Å². The number of aromatic nitrogens is 2. The quantitative estimate of drug-likeness (QED) is 0.177. The van der Waals surface area contributed by atoms with Crippen molar-refractivity contribution in [2.75, 3.05) is 0 Å². The Morgan fingerprint density at radius 2 is 0.823 bits per heavy atom. The van der Waals surface area contributed by atoms with E-state index in [0.717, 1.165) is 33.5 Å². The fourth-order valence-electron chi connectivity index (χ4n) is 10.3. The Kier molecular flexibility index (Phi) is 7.79. The highest BCUT2D eigenvalue weighted by molar-refractivity contribution is 8.00. The van der Waals surface area contributed by atoms with E-state index in [4.69, 9.17) is 9.97 Å². The monoisotopic (exact) mass is 804 g/mol. The molecule has 0 radical (unpaired) electrons. The third-order valence-corrected chi connectivity index (χ3v) is 14.4. The smallest absolute Gasteiger partial charge is 0.160 e. The standard InChI is InChI=1S/C59H36N2S/c1-2-12-37(13-3-1)38-24-28-43(29-25-38)58-60-54-21-11-9-19-48(54)55(61-58)42-26-22-39(23-27-42)44-32-33-51-49(36-44)47-18-8-10-20-50(47)59(51)52-34-30-40-14-4-6-16-45(40)56(52)62-57-46-17-7-5-15-41(46)31-35-53(57)59/h1-36H. The van der Waals surface area contributed by atoms with E-state index in [1.165, 1.54) is 87.0 Å². The van der Waals surface area contributed by atoms with Crippen LogP contribution in [-0.2, 0) is 5.41 Å². The summed E-state index contributed by atoms with van der Waals surface area (Å²) >= 11 is 1.94. The average molecular weight is 805 g/mol. The summed E-state index contributed by atoms with van der Waals surface area (Å²) < 4.78 is 0. The van der Waals surface area contributed by atoms with Gasteiger partial charge in [0.15, 0.2) is 5.82 Å². The van der Waals surface area contributed by atoms with Crippen LogP contribution in [0.25, 0.3) is 88.5 Å². The van der Waals surface area contributed by atoms with Crippen LogP contribution in [0.15, 0.2) is 228 Å². The van der Waals surface area contributed by atoms with E-state index < -0.39 is 5.41 Å². The van der Waals surface area contributed by atoms with E-state index in [9.17, 15) is 0 Å². The highest BCUT2D eigenvalue weighted by Crippen LogP contribution is 2.64. The van der Waals surface area contributed by atoms with E-state index in [1.807, 2.05) is 23.9 Å². The largest absolute Gasteiger partial charge is 0.228 e. The fraction of sp³-hybridized carbons (Fsp3) is 0.0169. The van der Waals surface area contributed by atoms with Crippen LogP contribution in [0.2, 0.25) is 0 Å². The minimum Gasteiger partial charge on any atom is -0.228 e. The Labute approximate surface area is 364 Å². The molecule has 0 amide bonds. The molecule has 2 heterocycles.